The van der Waals surface area contributed by atoms with E-state index in [9.17, 15) is 9.59 Å². The molecule has 136 valence electrons. The Labute approximate surface area is 156 Å². The number of hydrogen-bond donors (Lipinski definition) is 2. The average Bonchev–Trinajstić information content (AvgIpc) is 2.67. The SMILES string of the molecule is O=C(NC(c1ccc(Cl)cc1)c1ccccn1)C1CCN(C(=O)O)CC1. The predicted octanol–water partition coefficient (Wildman–Crippen LogP) is 3.33. The number of carbonyl (C=O) groups is 2. The summed E-state index contributed by atoms with van der Waals surface area (Å²) in [4.78, 5) is 29.5. The topological polar surface area (TPSA) is 82.5 Å². The average molecular weight is 374 g/mol. The van der Waals surface area contributed by atoms with E-state index >= 15 is 0 Å². The van der Waals surface area contributed by atoms with Gasteiger partial charge in [-0.25, -0.2) is 4.79 Å². The lowest BCUT2D eigenvalue weighted by Gasteiger charge is -2.30. The summed E-state index contributed by atoms with van der Waals surface area (Å²) in [6, 6.07) is 12.5. The van der Waals surface area contributed by atoms with E-state index in [4.69, 9.17) is 16.7 Å². The van der Waals surface area contributed by atoms with Gasteiger partial charge in [-0.2, -0.15) is 0 Å². The number of halogens is 1. The van der Waals surface area contributed by atoms with Gasteiger partial charge >= 0.3 is 6.09 Å². The van der Waals surface area contributed by atoms with Crippen molar-refractivity contribution in [2.24, 2.45) is 5.92 Å². The van der Waals surface area contributed by atoms with Crippen LogP contribution in [-0.4, -0.2) is 40.1 Å². The second-order valence-corrected chi connectivity index (χ2v) is 6.73. The molecule has 0 radical (unpaired) electrons. The Balaban J connectivity index is 1.75. The van der Waals surface area contributed by atoms with Gasteiger partial charge in [0.15, 0.2) is 0 Å². The Morgan fingerprint density at radius 1 is 1.15 bits per heavy atom. The third-order valence-electron chi connectivity index (χ3n) is 4.61. The number of likely N-dealkylation sites (tertiary alicyclic amines) is 1. The molecule has 26 heavy (non-hydrogen) atoms. The first kappa shape index (κ1) is 18.2. The van der Waals surface area contributed by atoms with Crippen LogP contribution in [0, 0.1) is 5.92 Å². The fourth-order valence-corrected chi connectivity index (χ4v) is 3.25. The van der Waals surface area contributed by atoms with Gasteiger partial charge in [0.1, 0.15) is 0 Å². The molecule has 1 aliphatic heterocycles. The molecule has 3 rings (SSSR count). The fraction of sp³-hybridized carbons (Fsp3) is 0.316. The van der Waals surface area contributed by atoms with Crippen LogP contribution in [0.25, 0.3) is 0 Å². The van der Waals surface area contributed by atoms with E-state index in [1.165, 1.54) is 4.90 Å². The highest BCUT2D eigenvalue weighted by atomic mass is 35.5. The number of rotatable bonds is 4. The Morgan fingerprint density at radius 3 is 2.42 bits per heavy atom. The maximum Gasteiger partial charge on any atom is 0.407 e. The van der Waals surface area contributed by atoms with E-state index in [0.29, 0.717) is 31.0 Å². The molecule has 0 spiro atoms. The van der Waals surface area contributed by atoms with Crippen molar-refractivity contribution in [3.63, 3.8) is 0 Å². The summed E-state index contributed by atoms with van der Waals surface area (Å²) in [5.41, 5.74) is 1.63. The third kappa shape index (κ3) is 4.32. The van der Waals surface area contributed by atoms with E-state index in [1.54, 1.807) is 18.3 Å². The molecule has 6 nitrogen and oxygen atoms in total. The second kappa shape index (κ2) is 8.19. The lowest BCUT2D eigenvalue weighted by molar-refractivity contribution is -0.126. The van der Waals surface area contributed by atoms with E-state index in [-0.39, 0.29) is 17.9 Å². The minimum Gasteiger partial charge on any atom is -0.465 e. The first-order chi connectivity index (χ1) is 12.5. The monoisotopic (exact) mass is 373 g/mol. The van der Waals surface area contributed by atoms with E-state index in [2.05, 4.69) is 10.3 Å². The van der Waals surface area contributed by atoms with Crippen molar-refractivity contribution < 1.29 is 14.7 Å². The number of carbonyl (C=O) groups excluding carboxylic acids is 1. The van der Waals surface area contributed by atoms with Gasteiger partial charge in [-0.3, -0.25) is 9.78 Å². The molecule has 7 heteroatoms. The van der Waals surface area contributed by atoms with Gasteiger partial charge in [-0.05, 0) is 42.7 Å². The molecule has 1 aliphatic rings. The Morgan fingerprint density at radius 2 is 1.85 bits per heavy atom. The summed E-state index contributed by atoms with van der Waals surface area (Å²) in [7, 11) is 0. The lowest BCUT2D eigenvalue weighted by Crippen LogP contribution is -2.43. The quantitative estimate of drug-likeness (QED) is 0.861. The molecule has 0 aliphatic carbocycles. The summed E-state index contributed by atoms with van der Waals surface area (Å²) < 4.78 is 0. The highest BCUT2D eigenvalue weighted by Gasteiger charge is 2.29. The van der Waals surface area contributed by atoms with Crippen LogP contribution in [0.15, 0.2) is 48.7 Å². The number of aromatic nitrogens is 1. The maximum absolute atomic E-state index is 12.8. The molecule has 1 fully saturated rings. The molecule has 2 amide bonds. The number of nitrogens with zero attached hydrogens (tertiary/aromatic N) is 2. The smallest absolute Gasteiger partial charge is 0.407 e. The summed E-state index contributed by atoms with van der Waals surface area (Å²) in [6.07, 6.45) is 1.80. The van der Waals surface area contributed by atoms with Crippen LogP contribution in [0.1, 0.15) is 30.1 Å². The molecular weight excluding hydrogens is 354 g/mol. The molecule has 2 N–H and O–H groups in total. The highest BCUT2D eigenvalue weighted by molar-refractivity contribution is 6.30. The summed E-state index contributed by atoms with van der Waals surface area (Å²) in [5, 5.41) is 12.7. The van der Waals surface area contributed by atoms with Crippen LogP contribution in [0.3, 0.4) is 0 Å². The number of hydrogen-bond acceptors (Lipinski definition) is 3. The van der Waals surface area contributed by atoms with Crippen LogP contribution >= 0.6 is 11.6 Å². The molecule has 0 saturated carbocycles. The maximum atomic E-state index is 12.8. The zero-order valence-electron chi connectivity index (χ0n) is 14.1. The standard InChI is InChI=1S/C19H20ClN3O3/c20-15-6-4-13(5-7-15)17(16-3-1-2-10-21-16)22-18(24)14-8-11-23(12-9-14)19(25)26/h1-7,10,14,17H,8-9,11-12H2,(H,22,24)(H,25,26). The molecule has 1 saturated heterocycles. The molecule has 1 unspecified atom stereocenters. The zero-order chi connectivity index (χ0) is 18.5. The number of nitrogens with one attached hydrogen (secondary N) is 1. The third-order valence-corrected chi connectivity index (χ3v) is 4.86. The van der Waals surface area contributed by atoms with Crippen LogP contribution in [-0.2, 0) is 4.79 Å². The minimum atomic E-state index is -0.934. The Bertz CT molecular complexity index is 759. The molecule has 0 bridgehead atoms. The van der Waals surface area contributed by atoms with Gasteiger partial charge in [0.2, 0.25) is 5.91 Å². The highest BCUT2D eigenvalue weighted by Crippen LogP contribution is 2.24. The number of piperidine rings is 1. The van der Waals surface area contributed by atoms with Crippen LogP contribution in [0.4, 0.5) is 4.79 Å². The molecule has 2 aromatic rings. The molecule has 1 aromatic heterocycles. The van der Waals surface area contributed by atoms with Crippen molar-refractivity contribution in [3.8, 4) is 0 Å². The number of pyridine rings is 1. The predicted molar refractivity (Wildman–Crippen MR) is 98.0 cm³/mol. The number of benzene rings is 1. The van der Waals surface area contributed by atoms with Crippen molar-refractivity contribution in [1.82, 2.24) is 15.2 Å². The van der Waals surface area contributed by atoms with E-state index in [1.807, 2.05) is 30.3 Å². The van der Waals surface area contributed by atoms with Gasteiger partial charge in [0, 0.05) is 30.2 Å². The fourth-order valence-electron chi connectivity index (χ4n) is 3.12. The van der Waals surface area contributed by atoms with Crippen molar-refractivity contribution >= 4 is 23.6 Å². The van der Waals surface area contributed by atoms with Gasteiger partial charge in [-0.1, -0.05) is 29.8 Å². The summed E-state index contributed by atoms with van der Waals surface area (Å²) >= 11 is 5.97. The number of carboxylic acid groups (broad SMARTS) is 1. The lowest BCUT2D eigenvalue weighted by atomic mass is 9.94. The molecular formula is C19H20ClN3O3. The van der Waals surface area contributed by atoms with Gasteiger partial charge in [0.25, 0.3) is 0 Å². The Kier molecular flexibility index (Phi) is 5.73. The molecule has 1 aromatic carbocycles. The zero-order valence-corrected chi connectivity index (χ0v) is 14.9. The largest absolute Gasteiger partial charge is 0.465 e. The number of amides is 2. The van der Waals surface area contributed by atoms with Crippen LogP contribution < -0.4 is 5.32 Å². The van der Waals surface area contributed by atoms with Gasteiger partial charge in [0.05, 0.1) is 11.7 Å². The summed E-state index contributed by atoms with van der Waals surface area (Å²) in [6.45, 7) is 0.755. The Hall–Kier alpha value is -2.60. The van der Waals surface area contributed by atoms with Crippen LogP contribution in [0.5, 0.6) is 0 Å². The summed E-state index contributed by atoms with van der Waals surface area (Å²) in [5.74, 6) is -0.287. The normalized spacial score (nSPS) is 16.1. The second-order valence-electron chi connectivity index (χ2n) is 6.29. The van der Waals surface area contributed by atoms with Gasteiger partial charge in [-0.15, -0.1) is 0 Å². The van der Waals surface area contributed by atoms with Crippen molar-refractivity contribution in [3.05, 3.63) is 64.9 Å². The van der Waals surface area contributed by atoms with Crippen molar-refractivity contribution in [2.75, 3.05) is 13.1 Å². The van der Waals surface area contributed by atoms with Crippen molar-refractivity contribution in [1.29, 1.82) is 0 Å². The first-order valence-electron chi connectivity index (χ1n) is 8.49. The van der Waals surface area contributed by atoms with E-state index < -0.39 is 6.09 Å². The first-order valence-corrected chi connectivity index (χ1v) is 8.87. The van der Waals surface area contributed by atoms with Gasteiger partial charge < -0.3 is 15.3 Å². The van der Waals surface area contributed by atoms with Crippen LogP contribution in [0.2, 0.25) is 5.02 Å². The molecule has 2 heterocycles. The van der Waals surface area contributed by atoms with Crippen molar-refractivity contribution in [2.45, 2.75) is 18.9 Å². The molecule has 1 atom stereocenters. The van der Waals surface area contributed by atoms with E-state index in [0.717, 1.165) is 11.3 Å². The minimum absolute atomic E-state index is 0.0827.